The van der Waals surface area contributed by atoms with E-state index in [0.29, 0.717) is 30.6 Å². The van der Waals surface area contributed by atoms with Crippen LogP contribution in [0.2, 0.25) is 5.02 Å². The Labute approximate surface area is 210 Å². The van der Waals surface area contributed by atoms with Crippen LogP contribution in [0.15, 0.2) is 53.5 Å². The molecule has 0 bridgehead atoms. The van der Waals surface area contributed by atoms with E-state index in [2.05, 4.69) is 34.7 Å². The standard InChI is InChI=1S/C23H28ClFN6.HI/c1-16-29-30-21(31(16)4)14-27-22(26-13-17-8-6-5-7-9-17)28-15-23(2,3)19-11-10-18(25)12-20(19)24;/h5-12H,13-15H2,1-4H3,(H2,26,27,28);1H. The Hall–Kier alpha value is -2.20. The van der Waals surface area contributed by atoms with Gasteiger partial charge in [0.25, 0.3) is 0 Å². The average Bonchev–Trinajstić information content (AvgIpc) is 3.06. The molecule has 0 saturated carbocycles. The molecule has 0 aliphatic rings. The maximum atomic E-state index is 13.5. The number of aliphatic imine (C=N–C) groups is 1. The maximum Gasteiger partial charge on any atom is 0.192 e. The van der Waals surface area contributed by atoms with Gasteiger partial charge in [-0.1, -0.05) is 61.8 Å². The molecule has 3 rings (SSSR count). The third-order valence-electron chi connectivity index (χ3n) is 5.22. The summed E-state index contributed by atoms with van der Waals surface area (Å²) >= 11 is 6.30. The van der Waals surface area contributed by atoms with Crippen molar-refractivity contribution in [3.63, 3.8) is 0 Å². The van der Waals surface area contributed by atoms with E-state index in [-0.39, 0.29) is 35.2 Å². The van der Waals surface area contributed by atoms with Crippen molar-refractivity contribution < 1.29 is 4.39 Å². The monoisotopic (exact) mass is 570 g/mol. The highest BCUT2D eigenvalue weighted by Crippen LogP contribution is 2.29. The summed E-state index contributed by atoms with van der Waals surface area (Å²) in [6.07, 6.45) is 0. The number of hydrogen-bond acceptors (Lipinski definition) is 3. The number of guanidine groups is 1. The zero-order valence-electron chi connectivity index (χ0n) is 18.7. The molecule has 0 atom stereocenters. The molecule has 6 nitrogen and oxygen atoms in total. The average molecular weight is 571 g/mol. The number of aromatic nitrogens is 3. The molecule has 0 fully saturated rings. The lowest BCUT2D eigenvalue weighted by atomic mass is 9.84. The van der Waals surface area contributed by atoms with E-state index in [1.165, 1.54) is 12.1 Å². The topological polar surface area (TPSA) is 67.1 Å². The van der Waals surface area contributed by atoms with Crippen LogP contribution in [0.25, 0.3) is 0 Å². The molecule has 2 N–H and O–H groups in total. The fourth-order valence-electron chi connectivity index (χ4n) is 3.13. The van der Waals surface area contributed by atoms with Gasteiger partial charge in [-0.25, -0.2) is 9.38 Å². The third-order valence-corrected chi connectivity index (χ3v) is 5.53. The molecule has 0 amide bonds. The zero-order chi connectivity index (χ0) is 22.4. The molecule has 0 saturated heterocycles. The van der Waals surface area contributed by atoms with Gasteiger partial charge in [0.15, 0.2) is 11.8 Å². The van der Waals surface area contributed by atoms with E-state index in [1.807, 2.05) is 48.9 Å². The predicted octanol–water partition coefficient (Wildman–Crippen LogP) is 4.75. The number of hydrogen-bond donors (Lipinski definition) is 2. The summed E-state index contributed by atoms with van der Waals surface area (Å²) in [5, 5.41) is 15.4. The van der Waals surface area contributed by atoms with E-state index in [0.717, 1.165) is 22.8 Å². The second-order valence-electron chi connectivity index (χ2n) is 8.09. The highest BCUT2D eigenvalue weighted by molar-refractivity contribution is 14.0. The molecule has 3 aromatic rings. The molecular formula is C23H29ClFIN6. The van der Waals surface area contributed by atoms with Gasteiger partial charge in [0.05, 0.1) is 13.1 Å². The molecule has 0 spiro atoms. The minimum atomic E-state index is -0.346. The van der Waals surface area contributed by atoms with E-state index in [9.17, 15) is 4.39 Å². The van der Waals surface area contributed by atoms with Gasteiger partial charge in [-0.2, -0.15) is 0 Å². The maximum absolute atomic E-state index is 13.5. The first-order chi connectivity index (χ1) is 14.8. The van der Waals surface area contributed by atoms with Gasteiger partial charge in [0, 0.05) is 24.0 Å². The predicted molar refractivity (Wildman–Crippen MR) is 138 cm³/mol. The Kier molecular flexibility index (Phi) is 9.45. The summed E-state index contributed by atoms with van der Waals surface area (Å²) in [7, 11) is 1.93. The molecule has 0 unspecified atom stereocenters. The van der Waals surface area contributed by atoms with Crippen molar-refractivity contribution in [2.75, 3.05) is 6.54 Å². The molecule has 0 aliphatic carbocycles. The normalized spacial score (nSPS) is 11.8. The number of halogens is 3. The highest BCUT2D eigenvalue weighted by atomic mass is 127. The number of rotatable bonds is 7. The van der Waals surface area contributed by atoms with Crippen LogP contribution in [0, 0.1) is 12.7 Å². The van der Waals surface area contributed by atoms with Crippen molar-refractivity contribution in [3.8, 4) is 0 Å². The van der Waals surface area contributed by atoms with E-state index in [4.69, 9.17) is 16.6 Å². The third kappa shape index (κ3) is 6.90. The minimum absolute atomic E-state index is 0. The molecule has 9 heteroatoms. The number of nitrogens with zero attached hydrogens (tertiary/aromatic N) is 4. The van der Waals surface area contributed by atoms with Crippen LogP contribution in [0.4, 0.5) is 4.39 Å². The first kappa shape index (κ1) is 26.1. The van der Waals surface area contributed by atoms with Crippen LogP contribution in [-0.4, -0.2) is 27.3 Å². The lowest BCUT2D eigenvalue weighted by molar-refractivity contribution is 0.506. The minimum Gasteiger partial charge on any atom is -0.356 e. The second-order valence-corrected chi connectivity index (χ2v) is 8.50. The first-order valence-corrected chi connectivity index (χ1v) is 10.5. The molecule has 172 valence electrons. The number of benzene rings is 2. The Morgan fingerprint density at radius 1 is 1.12 bits per heavy atom. The Bertz CT molecular complexity index is 1050. The van der Waals surface area contributed by atoms with Gasteiger partial charge in [-0.05, 0) is 30.2 Å². The van der Waals surface area contributed by atoms with Crippen LogP contribution in [0.3, 0.4) is 0 Å². The zero-order valence-corrected chi connectivity index (χ0v) is 21.8. The van der Waals surface area contributed by atoms with Gasteiger partial charge < -0.3 is 15.2 Å². The lowest BCUT2D eigenvalue weighted by Gasteiger charge is -2.28. The molecule has 0 aliphatic heterocycles. The molecular weight excluding hydrogens is 542 g/mol. The Morgan fingerprint density at radius 2 is 1.84 bits per heavy atom. The van der Waals surface area contributed by atoms with Crippen LogP contribution in [0.1, 0.15) is 36.6 Å². The van der Waals surface area contributed by atoms with Crippen LogP contribution in [-0.2, 0) is 25.6 Å². The van der Waals surface area contributed by atoms with Gasteiger partial charge in [0.1, 0.15) is 11.6 Å². The second kappa shape index (κ2) is 11.6. The molecule has 1 aromatic heterocycles. The van der Waals surface area contributed by atoms with Crippen molar-refractivity contribution in [3.05, 3.63) is 82.1 Å². The Balaban J connectivity index is 0.00000363. The van der Waals surface area contributed by atoms with E-state index < -0.39 is 0 Å². The fourth-order valence-corrected chi connectivity index (χ4v) is 3.56. The smallest absolute Gasteiger partial charge is 0.192 e. The number of aryl methyl sites for hydroxylation is 1. The van der Waals surface area contributed by atoms with Crippen molar-refractivity contribution in [1.82, 2.24) is 25.4 Å². The lowest BCUT2D eigenvalue weighted by Crippen LogP contribution is -2.43. The molecule has 2 aromatic carbocycles. The summed E-state index contributed by atoms with van der Waals surface area (Å²) in [6.45, 7) is 7.59. The quantitative estimate of drug-likeness (QED) is 0.245. The van der Waals surface area contributed by atoms with Gasteiger partial charge in [-0.3, -0.25) is 0 Å². The van der Waals surface area contributed by atoms with Crippen LogP contribution in [0.5, 0.6) is 0 Å². The SMILES string of the molecule is Cc1nnc(CNC(=NCc2ccccc2)NCC(C)(C)c2ccc(F)cc2Cl)n1C.I. The molecule has 0 radical (unpaired) electrons. The highest BCUT2D eigenvalue weighted by Gasteiger charge is 2.24. The summed E-state index contributed by atoms with van der Waals surface area (Å²) in [6, 6.07) is 14.6. The Morgan fingerprint density at radius 3 is 2.47 bits per heavy atom. The van der Waals surface area contributed by atoms with Gasteiger partial charge in [-0.15, -0.1) is 34.2 Å². The summed E-state index contributed by atoms with van der Waals surface area (Å²) < 4.78 is 15.4. The van der Waals surface area contributed by atoms with Gasteiger partial charge in [0.2, 0.25) is 0 Å². The summed E-state index contributed by atoms with van der Waals surface area (Å²) in [5.41, 5.74) is 1.63. The largest absolute Gasteiger partial charge is 0.356 e. The van der Waals surface area contributed by atoms with Crippen molar-refractivity contribution in [1.29, 1.82) is 0 Å². The summed E-state index contributed by atoms with van der Waals surface area (Å²) in [5.74, 6) is 1.96. The van der Waals surface area contributed by atoms with Crippen molar-refractivity contribution in [2.45, 2.75) is 39.3 Å². The molecule has 1 heterocycles. The van der Waals surface area contributed by atoms with Crippen molar-refractivity contribution >= 4 is 41.5 Å². The van der Waals surface area contributed by atoms with Gasteiger partial charge >= 0.3 is 0 Å². The summed E-state index contributed by atoms with van der Waals surface area (Å²) in [4.78, 5) is 4.72. The van der Waals surface area contributed by atoms with Crippen LogP contribution >= 0.6 is 35.6 Å². The molecule has 32 heavy (non-hydrogen) atoms. The van der Waals surface area contributed by atoms with E-state index >= 15 is 0 Å². The number of nitrogens with one attached hydrogen (secondary N) is 2. The van der Waals surface area contributed by atoms with E-state index in [1.54, 1.807) is 6.07 Å². The first-order valence-electron chi connectivity index (χ1n) is 10.1. The van der Waals surface area contributed by atoms with Crippen LogP contribution < -0.4 is 10.6 Å². The van der Waals surface area contributed by atoms with Crippen molar-refractivity contribution in [2.24, 2.45) is 12.0 Å². The fraction of sp³-hybridized carbons (Fsp3) is 0.348.